The maximum absolute atomic E-state index is 12.6. The molecule has 3 rings (SSSR count). The van der Waals surface area contributed by atoms with Crippen molar-refractivity contribution in [2.75, 3.05) is 0 Å². The number of rotatable bonds is 5. The number of carbonyl (C=O) groups is 1. The molecule has 1 atom stereocenters. The van der Waals surface area contributed by atoms with E-state index in [-0.39, 0.29) is 11.9 Å². The van der Waals surface area contributed by atoms with Crippen molar-refractivity contribution < 1.29 is 4.79 Å². The Hall–Kier alpha value is -2.58. The van der Waals surface area contributed by atoms with Gasteiger partial charge in [0.05, 0.1) is 12.5 Å². The highest BCUT2D eigenvalue weighted by Gasteiger charge is 2.16. The number of amides is 1. The third-order valence-corrected chi connectivity index (χ3v) is 4.38. The summed E-state index contributed by atoms with van der Waals surface area (Å²) in [6.07, 6.45) is 0.326. The van der Waals surface area contributed by atoms with Crippen LogP contribution in [0.25, 0.3) is 0 Å². The molecule has 0 aliphatic carbocycles. The van der Waals surface area contributed by atoms with Crippen LogP contribution in [0.15, 0.2) is 78.9 Å². The van der Waals surface area contributed by atoms with Crippen LogP contribution in [-0.2, 0) is 11.2 Å². The van der Waals surface area contributed by atoms with Gasteiger partial charge in [0.15, 0.2) is 0 Å². The van der Waals surface area contributed by atoms with Crippen molar-refractivity contribution in [2.24, 2.45) is 0 Å². The summed E-state index contributed by atoms with van der Waals surface area (Å²) in [7, 11) is 0. The molecule has 0 fully saturated rings. The third-order valence-electron chi connectivity index (χ3n) is 4.13. The van der Waals surface area contributed by atoms with Crippen molar-refractivity contribution in [3.8, 4) is 0 Å². The molecule has 0 saturated heterocycles. The molecule has 0 aliphatic heterocycles. The lowest BCUT2D eigenvalue weighted by Crippen LogP contribution is -2.30. The summed E-state index contributed by atoms with van der Waals surface area (Å²) in [6, 6.07) is 25.5. The molecule has 1 N–H and O–H groups in total. The first-order chi connectivity index (χ1) is 12.1. The van der Waals surface area contributed by atoms with Crippen LogP contribution in [0, 0.1) is 6.92 Å². The first-order valence-corrected chi connectivity index (χ1v) is 8.65. The van der Waals surface area contributed by atoms with E-state index in [0.717, 1.165) is 16.7 Å². The van der Waals surface area contributed by atoms with E-state index in [9.17, 15) is 4.79 Å². The minimum Gasteiger partial charge on any atom is -0.345 e. The van der Waals surface area contributed by atoms with E-state index in [1.54, 1.807) is 12.1 Å². The van der Waals surface area contributed by atoms with Crippen molar-refractivity contribution in [3.05, 3.63) is 106 Å². The van der Waals surface area contributed by atoms with E-state index < -0.39 is 0 Å². The normalized spacial score (nSPS) is 11.8. The Bertz CT molecular complexity index is 826. The summed E-state index contributed by atoms with van der Waals surface area (Å²) < 4.78 is 0. The van der Waals surface area contributed by atoms with E-state index in [0.29, 0.717) is 11.4 Å². The van der Waals surface area contributed by atoms with E-state index in [1.807, 2.05) is 42.5 Å². The monoisotopic (exact) mass is 349 g/mol. The molecule has 126 valence electrons. The maximum Gasteiger partial charge on any atom is 0.225 e. The molecule has 0 unspecified atom stereocenters. The molecule has 2 nitrogen and oxygen atoms in total. The predicted molar refractivity (Wildman–Crippen MR) is 103 cm³/mol. The van der Waals surface area contributed by atoms with Gasteiger partial charge in [0.1, 0.15) is 0 Å². The largest absolute Gasteiger partial charge is 0.345 e. The van der Waals surface area contributed by atoms with Gasteiger partial charge in [-0.3, -0.25) is 4.79 Å². The number of carbonyl (C=O) groups excluding carboxylic acids is 1. The van der Waals surface area contributed by atoms with Crippen LogP contribution in [0.1, 0.15) is 28.3 Å². The van der Waals surface area contributed by atoms with E-state index in [4.69, 9.17) is 11.6 Å². The van der Waals surface area contributed by atoms with Crippen molar-refractivity contribution in [1.29, 1.82) is 0 Å². The first-order valence-electron chi connectivity index (χ1n) is 8.27. The molecule has 3 aromatic rings. The quantitative estimate of drug-likeness (QED) is 0.682. The van der Waals surface area contributed by atoms with Crippen LogP contribution in [0.5, 0.6) is 0 Å². The minimum absolute atomic E-state index is 0.0169. The van der Waals surface area contributed by atoms with Crippen LogP contribution < -0.4 is 5.32 Å². The van der Waals surface area contributed by atoms with Crippen molar-refractivity contribution in [1.82, 2.24) is 5.32 Å². The average Bonchev–Trinajstić information content (AvgIpc) is 2.63. The molecule has 0 aromatic heterocycles. The van der Waals surface area contributed by atoms with Gasteiger partial charge in [-0.25, -0.2) is 0 Å². The van der Waals surface area contributed by atoms with Gasteiger partial charge in [-0.1, -0.05) is 83.9 Å². The van der Waals surface area contributed by atoms with Gasteiger partial charge in [-0.15, -0.1) is 0 Å². The molecule has 3 heteroatoms. The Morgan fingerprint density at radius 3 is 2.12 bits per heavy atom. The summed E-state index contributed by atoms with van der Waals surface area (Å²) in [4.78, 5) is 12.6. The van der Waals surface area contributed by atoms with Crippen LogP contribution in [0.4, 0.5) is 0 Å². The Kier molecular flexibility index (Phi) is 5.52. The highest BCUT2D eigenvalue weighted by atomic mass is 35.5. The first kappa shape index (κ1) is 17.2. The molecular weight excluding hydrogens is 330 g/mol. The molecule has 0 saturated carbocycles. The highest BCUT2D eigenvalue weighted by Crippen LogP contribution is 2.22. The standard InChI is InChI=1S/C22H20ClNO/c1-16-7-11-19(12-8-16)22(18-5-3-2-4-6-18)24-21(25)15-17-9-13-20(23)14-10-17/h2-14,22H,15H2,1H3,(H,24,25)/t22-/m0/s1. The summed E-state index contributed by atoms with van der Waals surface area (Å²) in [6.45, 7) is 2.06. The lowest BCUT2D eigenvalue weighted by atomic mass is 9.97. The van der Waals surface area contributed by atoms with Gasteiger partial charge in [0.25, 0.3) is 0 Å². The van der Waals surface area contributed by atoms with Crippen LogP contribution in [0.2, 0.25) is 5.02 Å². The average molecular weight is 350 g/mol. The molecule has 0 heterocycles. The van der Waals surface area contributed by atoms with Crippen molar-refractivity contribution in [2.45, 2.75) is 19.4 Å². The Morgan fingerprint density at radius 2 is 1.48 bits per heavy atom. The number of nitrogens with one attached hydrogen (secondary N) is 1. The van der Waals surface area contributed by atoms with Gasteiger partial charge in [0.2, 0.25) is 5.91 Å². The van der Waals surface area contributed by atoms with Gasteiger partial charge in [0, 0.05) is 5.02 Å². The smallest absolute Gasteiger partial charge is 0.225 e. The second kappa shape index (κ2) is 8.00. The number of hydrogen-bond donors (Lipinski definition) is 1. The number of hydrogen-bond acceptors (Lipinski definition) is 1. The fourth-order valence-corrected chi connectivity index (χ4v) is 2.89. The number of benzene rings is 3. The molecule has 0 spiro atoms. The Balaban J connectivity index is 1.81. The van der Waals surface area contributed by atoms with Gasteiger partial charge in [-0.05, 0) is 35.7 Å². The van der Waals surface area contributed by atoms with Crippen LogP contribution >= 0.6 is 11.6 Å². The summed E-state index contributed by atoms with van der Waals surface area (Å²) in [5.74, 6) is -0.0169. The molecule has 1 amide bonds. The zero-order valence-corrected chi connectivity index (χ0v) is 14.8. The predicted octanol–water partition coefficient (Wildman–Crippen LogP) is 5.10. The summed E-state index contributed by atoms with van der Waals surface area (Å²) in [5, 5.41) is 3.83. The van der Waals surface area contributed by atoms with Gasteiger partial charge >= 0.3 is 0 Å². The summed E-state index contributed by atoms with van der Waals surface area (Å²) in [5.41, 5.74) is 4.28. The van der Waals surface area contributed by atoms with E-state index in [2.05, 4.69) is 36.5 Å². The van der Waals surface area contributed by atoms with Crippen molar-refractivity contribution >= 4 is 17.5 Å². The molecule has 3 aromatic carbocycles. The Morgan fingerprint density at radius 1 is 0.880 bits per heavy atom. The molecule has 0 radical (unpaired) electrons. The van der Waals surface area contributed by atoms with Crippen molar-refractivity contribution in [3.63, 3.8) is 0 Å². The maximum atomic E-state index is 12.6. The van der Waals surface area contributed by atoms with Crippen LogP contribution in [0.3, 0.4) is 0 Å². The topological polar surface area (TPSA) is 29.1 Å². The molecule has 0 aliphatic rings. The molecule has 0 bridgehead atoms. The fourth-order valence-electron chi connectivity index (χ4n) is 2.76. The van der Waals surface area contributed by atoms with E-state index >= 15 is 0 Å². The van der Waals surface area contributed by atoms with Crippen LogP contribution in [-0.4, -0.2) is 5.91 Å². The fraction of sp³-hybridized carbons (Fsp3) is 0.136. The number of halogens is 1. The molecular formula is C22H20ClNO. The van der Waals surface area contributed by atoms with Gasteiger partial charge < -0.3 is 5.32 Å². The zero-order chi connectivity index (χ0) is 17.6. The zero-order valence-electron chi connectivity index (χ0n) is 14.1. The van der Waals surface area contributed by atoms with Gasteiger partial charge in [-0.2, -0.15) is 0 Å². The SMILES string of the molecule is Cc1ccc([C@@H](NC(=O)Cc2ccc(Cl)cc2)c2ccccc2)cc1. The minimum atomic E-state index is -0.165. The lowest BCUT2D eigenvalue weighted by Gasteiger charge is -2.20. The lowest BCUT2D eigenvalue weighted by molar-refractivity contribution is -0.120. The second-order valence-corrected chi connectivity index (χ2v) is 6.56. The number of aryl methyl sites for hydroxylation is 1. The second-order valence-electron chi connectivity index (χ2n) is 6.13. The highest BCUT2D eigenvalue weighted by molar-refractivity contribution is 6.30. The van der Waals surface area contributed by atoms with E-state index in [1.165, 1.54) is 5.56 Å². The molecule has 25 heavy (non-hydrogen) atoms. The third kappa shape index (κ3) is 4.71. The summed E-state index contributed by atoms with van der Waals surface area (Å²) >= 11 is 5.90. The Labute approximate surface area is 153 Å².